The minimum atomic E-state index is 0.718. The predicted molar refractivity (Wildman–Crippen MR) is 58.3 cm³/mol. The van der Waals surface area contributed by atoms with Gasteiger partial charge in [0.15, 0.2) is 0 Å². The highest BCUT2D eigenvalue weighted by Crippen LogP contribution is 2.55. The molecule has 3 rings (SSSR count). The lowest BCUT2D eigenvalue weighted by molar-refractivity contribution is -0.0584. The van der Waals surface area contributed by atoms with Gasteiger partial charge in [-0.1, -0.05) is 30.3 Å². The van der Waals surface area contributed by atoms with E-state index in [1.807, 2.05) is 0 Å². The fourth-order valence-corrected chi connectivity index (χ4v) is 3.30. The normalized spacial score (nSPS) is 25.8. The Morgan fingerprint density at radius 2 is 1.79 bits per heavy atom. The van der Waals surface area contributed by atoms with E-state index >= 15 is 0 Å². The zero-order chi connectivity index (χ0) is 9.60. The van der Waals surface area contributed by atoms with Gasteiger partial charge in [0, 0.05) is 13.1 Å². The van der Waals surface area contributed by atoms with Crippen LogP contribution in [0, 0.1) is 5.41 Å². The molecule has 0 N–H and O–H groups in total. The van der Waals surface area contributed by atoms with Gasteiger partial charge in [0.1, 0.15) is 0 Å². The molecule has 1 heterocycles. The highest BCUT2D eigenvalue weighted by Gasteiger charge is 2.50. The number of nitrogens with zero attached hydrogens (tertiary/aromatic N) is 1. The zero-order valence-electron chi connectivity index (χ0n) is 8.74. The van der Waals surface area contributed by atoms with Crippen molar-refractivity contribution in [2.75, 3.05) is 20.1 Å². The zero-order valence-corrected chi connectivity index (χ0v) is 8.74. The Morgan fingerprint density at radius 3 is 2.36 bits per heavy atom. The Bertz CT molecular complexity index is 316. The molecular formula is C13H17N. The van der Waals surface area contributed by atoms with Crippen molar-refractivity contribution >= 4 is 0 Å². The van der Waals surface area contributed by atoms with Gasteiger partial charge in [-0.2, -0.15) is 0 Å². The van der Waals surface area contributed by atoms with E-state index in [0.717, 1.165) is 11.3 Å². The van der Waals surface area contributed by atoms with Crippen LogP contribution in [0.2, 0.25) is 0 Å². The Hall–Kier alpha value is -0.820. The summed E-state index contributed by atoms with van der Waals surface area (Å²) in [5, 5.41) is 0. The molecule has 1 nitrogen and oxygen atoms in total. The van der Waals surface area contributed by atoms with Gasteiger partial charge in [-0.05, 0) is 36.8 Å². The number of likely N-dealkylation sites (tertiary alicyclic amines) is 1. The first-order valence-corrected chi connectivity index (χ1v) is 5.51. The largest absolute Gasteiger partial charge is 0.305 e. The van der Waals surface area contributed by atoms with E-state index in [2.05, 4.69) is 42.3 Å². The van der Waals surface area contributed by atoms with Crippen molar-refractivity contribution in [3.8, 4) is 0 Å². The lowest BCUT2D eigenvalue weighted by Gasteiger charge is -2.58. The SMILES string of the molecule is CN1CC2(CC(c3ccccc3)C2)C1. The summed E-state index contributed by atoms with van der Waals surface area (Å²) >= 11 is 0. The fourth-order valence-electron chi connectivity index (χ4n) is 3.30. The van der Waals surface area contributed by atoms with Gasteiger partial charge in [0.25, 0.3) is 0 Å². The Morgan fingerprint density at radius 1 is 1.14 bits per heavy atom. The summed E-state index contributed by atoms with van der Waals surface area (Å²) in [5.41, 5.74) is 2.27. The summed E-state index contributed by atoms with van der Waals surface area (Å²) in [5.74, 6) is 0.852. The third-order valence-corrected chi connectivity index (χ3v) is 3.84. The summed E-state index contributed by atoms with van der Waals surface area (Å²) in [6, 6.07) is 11.0. The van der Waals surface area contributed by atoms with Crippen LogP contribution in [-0.4, -0.2) is 25.0 Å². The molecule has 0 bridgehead atoms. The molecule has 0 amide bonds. The summed E-state index contributed by atoms with van der Waals surface area (Å²) in [7, 11) is 2.22. The standard InChI is InChI=1S/C13H17N/c1-14-9-13(10-14)7-12(8-13)11-5-3-2-4-6-11/h2-6,12H,7-10H2,1H3. The van der Waals surface area contributed by atoms with Crippen molar-refractivity contribution in [2.45, 2.75) is 18.8 Å². The van der Waals surface area contributed by atoms with Crippen molar-refractivity contribution < 1.29 is 0 Å². The van der Waals surface area contributed by atoms with Crippen molar-refractivity contribution in [3.05, 3.63) is 35.9 Å². The van der Waals surface area contributed by atoms with Crippen molar-refractivity contribution in [1.82, 2.24) is 4.90 Å². The van der Waals surface area contributed by atoms with E-state index in [1.165, 1.54) is 25.9 Å². The van der Waals surface area contributed by atoms with Crippen LogP contribution >= 0.6 is 0 Å². The molecule has 0 aromatic heterocycles. The molecule has 0 atom stereocenters. The highest BCUT2D eigenvalue weighted by molar-refractivity contribution is 5.25. The second-order valence-electron chi connectivity index (χ2n) is 5.19. The van der Waals surface area contributed by atoms with Gasteiger partial charge in [-0.3, -0.25) is 0 Å². The first-order chi connectivity index (χ1) is 6.77. The van der Waals surface area contributed by atoms with Crippen LogP contribution in [0.25, 0.3) is 0 Å². The molecule has 1 saturated carbocycles. The summed E-state index contributed by atoms with van der Waals surface area (Å²) in [6.45, 7) is 2.66. The van der Waals surface area contributed by atoms with E-state index < -0.39 is 0 Å². The van der Waals surface area contributed by atoms with Gasteiger partial charge in [0.05, 0.1) is 0 Å². The Balaban J connectivity index is 1.65. The Kier molecular flexibility index (Phi) is 1.72. The van der Waals surface area contributed by atoms with Gasteiger partial charge in [0.2, 0.25) is 0 Å². The molecule has 1 aliphatic carbocycles. The van der Waals surface area contributed by atoms with E-state index in [-0.39, 0.29) is 0 Å². The van der Waals surface area contributed by atoms with Crippen molar-refractivity contribution in [2.24, 2.45) is 5.41 Å². The molecule has 74 valence electrons. The van der Waals surface area contributed by atoms with E-state index in [4.69, 9.17) is 0 Å². The van der Waals surface area contributed by atoms with E-state index in [1.54, 1.807) is 5.56 Å². The lowest BCUT2D eigenvalue weighted by atomic mass is 9.56. The molecule has 1 spiro atoms. The molecule has 1 saturated heterocycles. The monoisotopic (exact) mass is 187 g/mol. The Labute approximate surface area is 85.7 Å². The van der Waals surface area contributed by atoms with Gasteiger partial charge >= 0.3 is 0 Å². The van der Waals surface area contributed by atoms with Gasteiger partial charge in [-0.15, -0.1) is 0 Å². The quantitative estimate of drug-likeness (QED) is 0.653. The minimum absolute atomic E-state index is 0.718. The van der Waals surface area contributed by atoms with Gasteiger partial charge in [-0.25, -0.2) is 0 Å². The maximum absolute atomic E-state index is 2.43. The van der Waals surface area contributed by atoms with Crippen LogP contribution in [-0.2, 0) is 0 Å². The second kappa shape index (κ2) is 2.83. The fraction of sp³-hybridized carbons (Fsp3) is 0.538. The summed E-state index contributed by atoms with van der Waals surface area (Å²) in [6.07, 6.45) is 2.84. The van der Waals surface area contributed by atoms with Crippen LogP contribution in [0.15, 0.2) is 30.3 Å². The maximum atomic E-state index is 2.43. The molecular weight excluding hydrogens is 170 g/mol. The van der Waals surface area contributed by atoms with E-state index in [0.29, 0.717) is 0 Å². The minimum Gasteiger partial charge on any atom is -0.305 e. The molecule has 2 aliphatic rings. The average Bonchev–Trinajstić information content (AvgIpc) is 2.10. The summed E-state index contributed by atoms with van der Waals surface area (Å²) in [4.78, 5) is 2.43. The first-order valence-electron chi connectivity index (χ1n) is 5.51. The maximum Gasteiger partial charge on any atom is 0.00479 e. The van der Waals surface area contributed by atoms with Crippen LogP contribution in [0.1, 0.15) is 24.3 Å². The topological polar surface area (TPSA) is 3.24 Å². The van der Waals surface area contributed by atoms with Crippen LogP contribution in [0.4, 0.5) is 0 Å². The van der Waals surface area contributed by atoms with Crippen molar-refractivity contribution in [1.29, 1.82) is 0 Å². The van der Waals surface area contributed by atoms with E-state index in [9.17, 15) is 0 Å². The first kappa shape index (κ1) is 8.49. The van der Waals surface area contributed by atoms with Crippen molar-refractivity contribution in [3.63, 3.8) is 0 Å². The molecule has 1 aliphatic heterocycles. The third-order valence-electron chi connectivity index (χ3n) is 3.84. The molecule has 1 aromatic carbocycles. The number of benzene rings is 1. The molecule has 1 heteroatoms. The molecule has 2 fully saturated rings. The van der Waals surface area contributed by atoms with Crippen LogP contribution < -0.4 is 0 Å². The molecule has 1 aromatic rings. The molecule has 14 heavy (non-hydrogen) atoms. The number of hydrogen-bond donors (Lipinski definition) is 0. The third kappa shape index (κ3) is 1.19. The highest BCUT2D eigenvalue weighted by atomic mass is 15.2. The lowest BCUT2D eigenvalue weighted by Crippen LogP contribution is -2.59. The number of hydrogen-bond acceptors (Lipinski definition) is 1. The average molecular weight is 187 g/mol. The van der Waals surface area contributed by atoms with Crippen LogP contribution in [0.5, 0.6) is 0 Å². The summed E-state index contributed by atoms with van der Waals surface area (Å²) < 4.78 is 0. The van der Waals surface area contributed by atoms with Crippen LogP contribution in [0.3, 0.4) is 0 Å². The number of rotatable bonds is 1. The second-order valence-corrected chi connectivity index (χ2v) is 5.19. The smallest absolute Gasteiger partial charge is 0.00479 e. The predicted octanol–water partition coefficient (Wildman–Crippen LogP) is 2.50. The molecule has 0 radical (unpaired) electrons. The van der Waals surface area contributed by atoms with Gasteiger partial charge < -0.3 is 4.90 Å². The molecule has 0 unspecified atom stereocenters.